The van der Waals surface area contributed by atoms with Gasteiger partial charge in [-0.3, -0.25) is 0 Å². The summed E-state index contributed by atoms with van der Waals surface area (Å²) >= 11 is 15.0. The number of hydrogen-bond acceptors (Lipinski definition) is 3. The van der Waals surface area contributed by atoms with Crippen molar-refractivity contribution in [2.24, 2.45) is 0 Å². The summed E-state index contributed by atoms with van der Waals surface area (Å²) in [6, 6.07) is 7.05. The van der Waals surface area contributed by atoms with E-state index in [9.17, 15) is 0 Å². The first kappa shape index (κ1) is 15.1. The average Bonchev–Trinajstić information content (AvgIpc) is 2.08. The molecule has 0 aromatic heterocycles. The van der Waals surface area contributed by atoms with Crippen LogP contribution in [-0.4, -0.2) is 11.1 Å². The summed E-state index contributed by atoms with van der Waals surface area (Å²) in [6.07, 6.45) is 0. The fraction of sp³-hybridized carbons (Fsp3) is 0.125. The van der Waals surface area contributed by atoms with Gasteiger partial charge in [-0.2, -0.15) is 0 Å². The Morgan fingerprint density at radius 2 is 2.00 bits per heavy atom. The van der Waals surface area contributed by atoms with Crippen molar-refractivity contribution < 1.29 is 56.1 Å². The normalized spacial score (nSPS) is 8.64. The first-order valence-corrected chi connectivity index (χ1v) is 4.71. The molecule has 70 valence electrons. The molecule has 0 unspecified atom stereocenters. The molecule has 0 atom stereocenters. The third-order valence-corrected chi connectivity index (χ3v) is 1.81. The van der Waals surface area contributed by atoms with E-state index in [4.69, 9.17) is 16.3 Å². The van der Waals surface area contributed by atoms with Crippen molar-refractivity contribution >= 4 is 40.8 Å². The van der Waals surface area contributed by atoms with E-state index in [1.54, 1.807) is 24.3 Å². The molecule has 14 heavy (non-hydrogen) atoms. The summed E-state index contributed by atoms with van der Waals surface area (Å²) in [4.78, 5) is 0. The van der Waals surface area contributed by atoms with Crippen molar-refractivity contribution in [3.8, 4) is 5.75 Å². The molecule has 1 N–H and O–H groups in total. The molecule has 1 rings (SSSR count). The molecule has 0 bridgehead atoms. The monoisotopic (exact) mass is 271 g/mol. The fourth-order valence-electron chi connectivity index (χ4n) is 0.709. The van der Waals surface area contributed by atoms with E-state index in [0.29, 0.717) is 9.34 Å². The maximum atomic E-state index is 5.69. The van der Waals surface area contributed by atoms with Crippen LogP contribution in [0.3, 0.4) is 0 Å². The Morgan fingerprint density at radius 1 is 1.43 bits per heavy atom. The number of hydrogen-bond donors (Lipinski definition) is 1. The zero-order chi connectivity index (χ0) is 9.68. The SMILES string of the molecule is S=C([S-])NCOc1ccc(Cl)cc1.[K+]. The summed E-state index contributed by atoms with van der Waals surface area (Å²) < 4.78 is 5.55. The van der Waals surface area contributed by atoms with E-state index in [0.717, 1.165) is 5.75 Å². The largest absolute Gasteiger partial charge is 1.00 e. The van der Waals surface area contributed by atoms with Crippen LogP contribution >= 0.6 is 23.8 Å². The van der Waals surface area contributed by atoms with Crippen LogP contribution in [0.1, 0.15) is 0 Å². The Kier molecular flexibility index (Phi) is 8.86. The van der Waals surface area contributed by atoms with Gasteiger partial charge in [-0.25, -0.2) is 0 Å². The first-order valence-electron chi connectivity index (χ1n) is 3.51. The molecule has 1 aromatic rings. The van der Waals surface area contributed by atoms with Gasteiger partial charge in [-0.15, -0.1) is 0 Å². The second-order valence-electron chi connectivity index (χ2n) is 2.21. The van der Waals surface area contributed by atoms with Gasteiger partial charge < -0.3 is 34.9 Å². The molecule has 0 saturated heterocycles. The molecule has 0 heterocycles. The second kappa shape index (κ2) is 8.24. The smallest absolute Gasteiger partial charge is 0.473 e. The molecule has 0 aliphatic heterocycles. The Balaban J connectivity index is 0.00000169. The maximum Gasteiger partial charge on any atom is 1.00 e. The van der Waals surface area contributed by atoms with Crippen LogP contribution in [0.4, 0.5) is 0 Å². The Morgan fingerprint density at radius 3 is 2.50 bits per heavy atom. The van der Waals surface area contributed by atoms with Gasteiger partial charge in [0.15, 0.2) is 6.73 Å². The number of halogens is 1. The predicted molar refractivity (Wildman–Crippen MR) is 60.0 cm³/mol. The molecule has 0 amide bonds. The zero-order valence-corrected chi connectivity index (χ0v) is 13.1. The van der Waals surface area contributed by atoms with Crippen molar-refractivity contribution in [3.63, 3.8) is 0 Å². The van der Waals surface area contributed by atoms with E-state index in [2.05, 4.69) is 30.2 Å². The summed E-state index contributed by atoms with van der Waals surface area (Å²) in [5.41, 5.74) is 0. The zero-order valence-electron chi connectivity index (χ0n) is 7.62. The minimum atomic E-state index is 0. The van der Waals surface area contributed by atoms with Gasteiger partial charge >= 0.3 is 51.4 Å². The molecule has 0 aliphatic rings. The molecule has 0 radical (unpaired) electrons. The van der Waals surface area contributed by atoms with E-state index < -0.39 is 0 Å². The van der Waals surface area contributed by atoms with Crippen LogP contribution < -0.4 is 61.4 Å². The van der Waals surface area contributed by atoms with Crippen LogP contribution in [-0.2, 0) is 12.6 Å². The number of thiocarbonyl (C=S) groups is 1. The molecule has 1 aromatic carbocycles. The molecule has 0 spiro atoms. The van der Waals surface area contributed by atoms with Crippen molar-refractivity contribution in [1.29, 1.82) is 0 Å². The number of nitrogens with one attached hydrogen (secondary N) is 1. The third-order valence-electron chi connectivity index (χ3n) is 1.27. The van der Waals surface area contributed by atoms with Crippen molar-refractivity contribution in [1.82, 2.24) is 5.32 Å². The van der Waals surface area contributed by atoms with Gasteiger partial charge in [0.05, 0.1) is 0 Å². The van der Waals surface area contributed by atoms with Crippen LogP contribution in [0.2, 0.25) is 5.02 Å². The molecule has 0 aliphatic carbocycles. The standard InChI is InChI=1S/C8H8ClNOS2.K/c9-6-1-3-7(4-2-6)11-5-10-8(12)13;/h1-4H,5H2,(H2,10,12,13);/q;+1/p-1. The van der Waals surface area contributed by atoms with E-state index in [1.807, 2.05) is 0 Å². The summed E-state index contributed by atoms with van der Waals surface area (Å²) in [5, 5.41) is 3.38. The Labute approximate surface area is 142 Å². The van der Waals surface area contributed by atoms with E-state index in [1.165, 1.54) is 0 Å². The van der Waals surface area contributed by atoms with Crippen molar-refractivity contribution in [2.75, 3.05) is 6.73 Å². The summed E-state index contributed by atoms with van der Waals surface area (Å²) in [5.74, 6) is 0.725. The fourth-order valence-corrected chi connectivity index (χ4v) is 0.953. The topological polar surface area (TPSA) is 21.3 Å². The summed E-state index contributed by atoms with van der Waals surface area (Å²) in [7, 11) is 0. The molecule has 2 nitrogen and oxygen atoms in total. The van der Waals surface area contributed by atoms with Crippen LogP contribution in [0, 0.1) is 0 Å². The van der Waals surface area contributed by atoms with Crippen LogP contribution in [0.25, 0.3) is 0 Å². The van der Waals surface area contributed by atoms with Gasteiger partial charge in [0.1, 0.15) is 5.75 Å². The average molecular weight is 272 g/mol. The van der Waals surface area contributed by atoms with Crippen molar-refractivity contribution in [3.05, 3.63) is 29.3 Å². The van der Waals surface area contributed by atoms with Crippen molar-refractivity contribution in [2.45, 2.75) is 0 Å². The quantitative estimate of drug-likeness (QED) is 0.333. The van der Waals surface area contributed by atoms with E-state index in [-0.39, 0.29) is 58.1 Å². The molecular formula is C8H7ClKNOS2. The first-order chi connectivity index (χ1) is 6.18. The summed E-state index contributed by atoms with van der Waals surface area (Å²) in [6.45, 7) is 0.282. The molecular weight excluding hydrogens is 265 g/mol. The van der Waals surface area contributed by atoms with Gasteiger partial charge in [-0.1, -0.05) is 15.9 Å². The molecule has 6 heteroatoms. The minimum Gasteiger partial charge on any atom is -0.473 e. The van der Waals surface area contributed by atoms with E-state index >= 15 is 0 Å². The molecule has 0 fully saturated rings. The molecule has 0 saturated carbocycles. The van der Waals surface area contributed by atoms with Crippen LogP contribution in [0.15, 0.2) is 24.3 Å². The maximum absolute atomic E-state index is 5.69. The number of benzene rings is 1. The Hall–Kier alpha value is 1.06. The second-order valence-corrected chi connectivity index (χ2v) is 3.72. The minimum absolute atomic E-state index is 0. The predicted octanol–water partition coefficient (Wildman–Crippen LogP) is -0.898. The number of rotatable bonds is 3. The Bertz CT molecular complexity index is 294. The van der Waals surface area contributed by atoms with Gasteiger partial charge in [0.25, 0.3) is 0 Å². The van der Waals surface area contributed by atoms with Gasteiger partial charge in [0, 0.05) is 5.02 Å². The van der Waals surface area contributed by atoms with Crippen LogP contribution in [0.5, 0.6) is 5.75 Å². The van der Waals surface area contributed by atoms with Gasteiger partial charge in [-0.05, 0) is 24.3 Å². The van der Waals surface area contributed by atoms with Gasteiger partial charge in [0.2, 0.25) is 0 Å². The third kappa shape index (κ3) is 6.52. The number of ether oxygens (including phenoxy) is 1.